The topological polar surface area (TPSA) is 21.8 Å². The second-order valence-corrected chi connectivity index (χ2v) is 3.86. The predicted molar refractivity (Wildman–Crippen MR) is 54.4 cm³/mol. The van der Waals surface area contributed by atoms with Crippen LogP contribution in [0.25, 0.3) is 0 Å². The van der Waals surface area contributed by atoms with Gasteiger partial charge in [0.25, 0.3) is 0 Å². The van der Waals surface area contributed by atoms with E-state index < -0.39 is 0 Å². The van der Waals surface area contributed by atoms with E-state index in [1.807, 2.05) is 24.3 Å². The van der Waals surface area contributed by atoms with Gasteiger partial charge in [-0.15, -0.1) is 0 Å². The lowest BCUT2D eigenvalue weighted by Gasteiger charge is -2.04. The summed E-state index contributed by atoms with van der Waals surface area (Å²) >= 11 is 2.26. The molecule has 1 aliphatic heterocycles. The summed E-state index contributed by atoms with van der Waals surface area (Å²) in [4.78, 5) is 0. The molecule has 3 heteroatoms. The van der Waals surface area contributed by atoms with Gasteiger partial charge in [0.1, 0.15) is 18.5 Å². The molecule has 2 nitrogen and oxygen atoms in total. The molecule has 1 aromatic carbocycles. The summed E-state index contributed by atoms with van der Waals surface area (Å²) in [6, 6.07) is 7.99. The van der Waals surface area contributed by atoms with Crippen LogP contribution in [0.1, 0.15) is 0 Å². The molecule has 1 fully saturated rings. The number of epoxide rings is 1. The minimum atomic E-state index is 0.334. The quantitative estimate of drug-likeness (QED) is 0.622. The number of hydrogen-bond donors (Lipinski definition) is 0. The number of halogens is 1. The summed E-state index contributed by atoms with van der Waals surface area (Å²) in [6.07, 6.45) is 0.334. The largest absolute Gasteiger partial charge is 0.490 e. The average molecular weight is 276 g/mol. The van der Waals surface area contributed by atoms with Crippen LogP contribution in [0.15, 0.2) is 24.3 Å². The zero-order valence-electron chi connectivity index (χ0n) is 6.50. The highest BCUT2D eigenvalue weighted by Gasteiger charge is 2.23. The Morgan fingerprint density at radius 2 is 2.25 bits per heavy atom. The molecule has 0 aromatic heterocycles. The van der Waals surface area contributed by atoms with Gasteiger partial charge in [-0.05, 0) is 34.7 Å². The normalized spacial score (nSPS) is 20.6. The van der Waals surface area contributed by atoms with Crippen LogP contribution in [0.5, 0.6) is 5.75 Å². The van der Waals surface area contributed by atoms with E-state index in [1.54, 1.807) is 0 Å². The van der Waals surface area contributed by atoms with E-state index in [-0.39, 0.29) is 0 Å². The first-order chi connectivity index (χ1) is 5.86. The second-order valence-electron chi connectivity index (χ2n) is 2.70. The summed E-state index contributed by atoms with van der Waals surface area (Å²) in [7, 11) is 0. The number of hydrogen-bond acceptors (Lipinski definition) is 2. The van der Waals surface area contributed by atoms with Crippen molar-refractivity contribution < 1.29 is 9.47 Å². The molecule has 64 valence electrons. The molecule has 1 aromatic rings. The molecule has 0 N–H and O–H groups in total. The second kappa shape index (κ2) is 3.62. The van der Waals surface area contributed by atoms with Gasteiger partial charge in [0.15, 0.2) is 0 Å². The molecule has 0 radical (unpaired) electrons. The first kappa shape index (κ1) is 8.31. The van der Waals surface area contributed by atoms with Gasteiger partial charge in [0.05, 0.1) is 10.2 Å². The predicted octanol–water partition coefficient (Wildman–Crippen LogP) is 2.07. The highest BCUT2D eigenvalue weighted by atomic mass is 127. The van der Waals surface area contributed by atoms with E-state index in [4.69, 9.17) is 9.47 Å². The van der Waals surface area contributed by atoms with Crippen LogP contribution < -0.4 is 4.74 Å². The SMILES string of the molecule is Ic1ccccc1OC[C@H]1CO1. The number of ether oxygens (including phenoxy) is 2. The molecule has 0 saturated carbocycles. The Hall–Kier alpha value is -0.290. The Labute approximate surface area is 85.0 Å². The molecule has 2 rings (SSSR count). The van der Waals surface area contributed by atoms with Gasteiger partial charge < -0.3 is 9.47 Å². The lowest BCUT2D eigenvalue weighted by Crippen LogP contribution is -2.04. The van der Waals surface area contributed by atoms with Crippen LogP contribution in [-0.2, 0) is 4.74 Å². The fourth-order valence-electron chi connectivity index (χ4n) is 0.909. The van der Waals surface area contributed by atoms with E-state index in [0.29, 0.717) is 12.7 Å². The van der Waals surface area contributed by atoms with Crippen molar-refractivity contribution in [1.82, 2.24) is 0 Å². The molecule has 1 heterocycles. The van der Waals surface area contributed by atoms with Crippen LogP contribution in [0.3, 0.4) is 0 Å². The standard InChI is InChI=1S/C9H9IO2/c10-8-3-1-2-4-9(8)12-6-7-5-11-7/h1-4,7H,5-6H2/t7-/m1/s1. The molecule has 0 unspecified atom stereocenters. The van der Waals surface area contributed by atoms with E-state index >= 15 is 0 Å². The van der Waals surface area contributed by atoms with E-state index in [9.17, 15) is 0 Å². The van der Waals surface area contributed by atoms with Crippen molar-refractivity contribution in [3.63, 3.8) is 0 Å². The van der Waals surface area contributed by atoms with Crippen molar-refractivity contribution in [1.29, 1.82) is 0 Å². The molecule has 1 atom stereocenters. The van der Waals surface area contributed by atoms with Gasteiger partial charge in [0, 0.05) is 0 Å². The van der Waals surface area contributed by atoms with Crippen molar-refractivity contribution in [3.05, 3.63) is 27.8 Å². The highest BCUT2D eigenvalue weighted by molar-refractivity contribution is 14.1. The van der Waals surface area contributed by atoms with Crippen LogP contribution >= 0.6 is 22.6 Å². The van der Waals surface area contributed by atoms with Crippen molar-refractivity contribution in [2.45, 2.75) is 6.10 Å². The third-order valence-corrected chi connectivity index (χ3v) is 2.55. The van der Waals surface area contributed by atoms with Crippen LogP contribution in [0.4, 0.5) is 0 Å². The first-order valence-electron chi connectivity index (χ1n) is 3.85. The molecule has 1 saturated heterocycles. The minimum absolute atomic E-state index is 0.334. The summed E-state index contributed by atoms with van der Waals surface area (Å²) in [6.45, 7) is 1.53. The van der Waals surface area contributed by atoms with E-state index in [1.165, 1.54) is 0 Å². The maximum Gasteiger partial charge on any atom is 0.132 e. The maximum absolute atomic E-state index is 5.53. The zero-order chi connectivity index (χ0) is 8.39. The average Bonchev–Trinajstić information content (AvgIpc) is 2.86. The smallest absolute Gasteiger partial charge is 0.132 e. The van der Waals surface area contributed by atoms with Crippen molar-refractivity contribution in [2.24, 2.45) is 0 Å². The van der Waals surface area contributed by atoms with E-state index in [2.05, 4.69) is 22.6 Å². The number of rotatable bonds is 3. The lowest BCUT2D eigenvalue weighted by molar-refractivity contribution is 0.261. The van der Waals surface area contributed by atoms with Gasteiger partial charge in [-0.1, -0.05) is 12.1 Å². The third-order valence-electron chi connectivity index (χ3n) is 1.66. The molecule has 0 aliphatic carbocycles. The fraction of sp³-hybridized carbons (Fsp3) is 0.333. The highest BCUT2D eigenvalue weighted by Crippen LogP contribution is 2.21. The van der Waals surface area contributed by atoms with Crippen molar-refractivity contribution in [3.8, 4) is 5.75 Å². The lowest BCUT2D eigenvalue weighted by atomic mass is 10.3. The molecule has 0 amide bonds. The molecule has 12 heavy (non-hydrogen) atoms. The molecule has 1 aliphatic rings. The van der Waals surface area contributed by atoms with Crippen LogP contribution in [0, 0.1) is 3.57 Å². The zero-order valence-corrected chi connectivity index (χ0v) is 8.65. The van der Waals surface area contributed by atoms with E-state index in [0.717, 1.165) is 15.9 Å². The summed E-state index contributed by atoms with van der Waals surface area (Å²) in [5.74, 6) is 0.952. The van der Waals surface area contributed by atoms with Gasteiger partial charge in [-0.25, -0.2) is 0 Å². The Bertz CT molecular complexity index is 271. The summed E-state index contributed by atoms with van der Waals surface area (Å²) < 4.78 is 11.7. The monoisotopic (exact) mass is 276 g/mol. The fourth-order valence-corrected chi connectivity index (χ4v) is 1.45. The van der Waals surface area contributed by atoms with Gasteiger partial charge in [-0.2, -0.15) is 0 Å². The summed E-state index contributed by atoms with van der Waals surface area (Å²) in [5.41, 5.74) is 0. The Morgan fingerprint density at radius 3 is 2.92 bits per heavy atom. The Balaban J connectivity index is 1.96. The Morgan fingerprint density at radius 1 is 1.50 bits per heavy atom. The van der Waals surface area contributed by atoms with Gasteiger partial charge in [-0.3, -0.25) is 0 Å². The first-order valence-corrected chi connectivity index (χ1v) is 4.93. The molecular weight excluding hydrogens is 267 g/mol. The summed E-state index contributed by atoms with van der Waals surface area (Å²) in [5, 5.41) is 0. The van der Waals surface area contributed by atoms with Crippen molar-refractivity contribution >= 4 is 22.6 Å². The Kier molecular flexibility index (Phi) is 2.51. The number of para-hydroxylation sites is 1. The molecular formula is C9H9IO2. The maximum atomic E-state index is 5.53. The van der Waals surface area contributed by atoms with Crippen LogP contribution in [0.2, 0.25) is 0 Å². The third kappa shape index (κ3) is 2.10. The molecule has 0 spiro atoms. The van der Waals surface area contributed by atoms with Crippen molar-refractivity contribution in [2.75, 3.05) is 13.2 Å². The minimum Gasteiger partial charge on any atom is -0.490 e. The van der Waals surface area contributed by atoms with Gasteiger partial charge >= 0.3 is 0 Å². The molecule has 0 bridgehead atoms. The van der Waals surface area contributed by atoms with Crippen LogP contribution in [-0.4, -0.2) is 19.3 Å². The van der Waals surface area contributed by atoms with Gasteiger partial charge in [0.2, 0.25) is 0 Å². The number of benzene rings is 1.